The van der Waals surface area contributed by atoms with Crippen LogP contribution in [0.1, 0.15) is 17.3 Å². The van der Waals surface area contributed by atoms with Crippen molar-refractivity contribution in [2.75, 3.05) is 50.9 Å². The minimum atomic E-state index is 0.0335. The zero-order valence-electron chi connectivity index (χ0n) is 12.3. The quantitative estimate of drug-likeness (QED) is 0.806. The van der Waals surface area contributed by atoms with Crippen molar-refractivity contribution in [3.05, 3.63) is 23.9 Å². The lowest BCUT2D eigenvalue weighted by Gasteiger charge is -2.31. The summed E-state index contributed by atoms with van der Waals surface area (Å²) in [6, 6.07) is 3.78. The highest BCUT2D eigenvalue weighted by molar-refractivity contribution is 5.94. The van der Waals surface area contributed by atoms with Crippen LogP contribution in [0.2, 0.25) is 0 Å². The molecule has 0 saturated carbocycles. The molecule has 0 radical (unpaired) electrons. The molecule has 3 heterocycles. The van der Waals surface area contributed by atoms with Gasteiger partial charge >= 0.3 is 0 Å². The molecule has 6 heteroatoms. The Balaban J connectivity index is 1.67. The van der Waals surface area contributed by atoms with E-state index in [1.807, 2.05) is 24.0 Å². The van der Waals surface area contributed by atoms with Crippen molar-refractivity contribution in [1.29, 1.82) is 0 Å². The molecule has 114 valence electrons. The molecule has 6 nitrogen and oxygen atoms in total. The van der Waals surface area contributed by atoms with E-state index in [2.05, 4.69) is 9.88 Å². The van der Waals surface area contributed by atoms with Gasteiger partial charge in [-0.15, -0.1) is 0 Å². The van der Waals surface area contributed by atoms with Crippen LogP contribution in [0.4, 0.5) is 5.82 Å². The van der Waals surface area contributed by atoms with Gasteiger partial charge in [-0.05, 0) is 19.1 Å². The highest BCUT2D eigenvalue weighted by Gasteiger charge is 2.23. The van der Waals surface area contributed by atoms with E-state index < -0.39 is 0 Å². The first-order valence-corrected chi connectivity index (χ1v) is 7.43. The third kappa shape index (κ3) is 3.33. The summed E-state index contributed by atoms with van der Waals surface area (Å²) in [5, 5.41) is 0. The fourth-order valence-electron chi connectivity index (χ4n) is 2.68. The van der Waals surface area contributed by atoms with Gasteiger partial charge in [0.15, 0.2) is 0 Å². The molecule has 0 spiro atoms. The fraction of sp³-hybridized carbons (Fsp3) is 0.600. The van der Waals surface area contributed by atoms with Crippen molar-refractivity contribution >= 4 is 11.7 Å². The maximum Gasteiger partial charge on any atom is 0.255 e. The topological polar surface area (TPSA) is 54.9 Å². The average molecular weight is 291 g/mol. The number of rotatable bonds is 2. The lowest BCUT2D eigenvalue weighted by atomic mass is 10.2. The predicted molar refractivity (Wildman–Crippen MR) is 78.6 cm³/mol. The summed E-state index contributed by atoms with van der Waals surface area (Å²) in [6.45, 7) is 7.04. The van der Waals surface area contributed by atoms with Crippen LogP contribution in [0.25, 0.3) is 0 Å². The maximum absolute atomic E-state index is 12.4. The number of anilines is 1. The van der Waals surface area contributed by atoms with Crippen LogP contribution in [0.3, 0.4) is 0 Å². The number of pyridine rings is 1. The predicted octanol–water partition coefficient (Wildman–Crippen LogP) is 0.779. The highest BCUT2D eigenvalue weighted by atomic mass is 16.5. The van der Waals surface area contributed by atoms with Crippen molar-refractivity contribution < 1.29 is 14.3 Å². The van der Waals surface area contributed by atoms with Crippen molar-refractivity contribution in [1.82, 2.24) is 9.88 Å². The molecule has 2 aliphatic rings. The van der Waals surface area contributed by atoms with Gasteiger partial charge in [-0.25, -0.2) is 4.98 Å². The first-order valence-electron chi connectivity index (χ1n) is 7.43. The molecule has 0 aliphatic carbocycles. The van der Waals surface area contributed by atoms with Gasteiger partial charge < -0.3 is 19.3 Å². The fourth-order valence-corrected chi connectivity index (χ4v) is 2.68. The van der Waals surface area contributed by atoms with E-state index in [1.165, 1.54) is 0 Å². The van der Waals surface area contributed by atoms with Crippen LogP contribution in [-0.4, -0.2) is 67.9 Å². The molecule has 1 amide bonds. The molecule has 0 bridgehead atoms. The Hall–Kier alpha value is -1.66. The Bertz CT molecular complexity index is 485. The summed E-state index contributed by atoms with van der Waals surface area (Å²) in [4.78, 5) is 20.9. The zero-order chi connectivity index (χ0) is 14.7. The molecule has 2 aliphatic heterocycles. The van der Waals surface area contributed by atoms with Crippen LogP contribution in [0.5, 0.6) is 0 Å². The Labute approximate surface area is 124 Å². The largest absolute Gasteiger partial charge is 0.378 e. The van der Waals surface area contributed by atoms with E-state index in [-0.39, 0.29) is 12.0 Å². The van der Waals surface area contributed by atoms with Gasteiger partial charge in [0.05, 0.1) is 31.5 Å². The van der Waals surface area contributed by atoms with E-state index in [1.54, 1.807) is 6.20 Å². The number of carbonyl (C=O) groups is 1. The van der Waals surface area contributed by atoms with Gasteiger partial charge in [0.25, 0.3) is 5.91 Å². The van der Waals surface area contributed by atoms with Crippen molar-refractivity contribution in [2.24, 2.45) is 0 Å². The van der Waals surface area contributed by atoms with Crippen molar-refractivity contribution in [2.45, 2.75) is 13.0 Å². The average Bonchev–Trinajstić information content (AvgIpc) is 2.55. The molecular formula is C15H21N3O3. The molecular weight excluding hydrogens is 270 g/mol. The molecule has 2 fully saturated rings. The lowest BCUT2D eigenvalue weighted by molar-refractivity contribution is -0.0124. The second-order valence-electron chi connectivity index (χ2n) is 5.44. The van der Waals surface area contributed by atoms with E-state index >= 15 is 0 Å². The Morgan fingerprint density at radius 3 is 2.71 bits per heavy atom. The first-order chi connectivity index (χ1) is 10.2. The van der Waals surface area contributed by atoms with Gasteiger partial charge in [0, 0.05) is 32.4 Å². The van der Waals surface area contributed by atoms with Crippen LogP contribution in [0, 0.1) is 0 Å². The third-order valence-corrected chi connectivity index (χ3v) is 3.86. The minimum Gasteiger partial charge on any atom is -0.378 e. The second kappa shape index (κ2) is 6.41. The number of carbonyl (C=O) groups excluding carboxylic acids is 1. The van der Waals surface area contributed by atoms with Crippen LogP contribution >= 0.6 is 0 Å². The lowest BCUT2D eigenvalue weighted by Crippen LogP contribution is -2.44. The maximum atomic E-state index is 12.4. The van der Waals surface area contributed by atoms with E-state index in [0.29, 0.717) is 25.3 Å². The number of amides is 1. The molecule has 21 heavy (non-hydrogen) atoms. The molecule has 1 unspecified atom stereocenters. The Morgan fingerprint density at radius 1 is 1.24 bits per heavy atom. The molecule has 0 N–H and O–H groups in total. The molecule has 3 rings (SSSR count). The minimum absolute atomic E-state index is 0.0335. The van der Waals surface area contributed by atoms with E-state index in [9.17, 15) is 4.79 Å². The van der Waals surface area contributed by atoms with Crippen LogP contribution in [0.15, 0.2) is 18.3 Å². The summed E-state index contributed by atoms with van der Waals surface area (Å²) in [5.41, 5.74) is 0.640. The summed E-state index contributed by atoms with van der Waals surface area (Å²) < 4.78 is 10.8. The molecule has 1 aromatic rings. The smallest absolute Gasteiger partial charge is 0.255 e. The van der Waals surface area contributed by atoms with Gasteiger partial charge in [-0.2, -0.15) is 0 Å². The monoisotopic (exact) mass is 291 g/mol. The molecule has 1 aromatic heterocycles. The standard InChI is InChI=1S/C15H21N3O3/c1-12-11-18(6-9-21-12)15(19)13-2-3-14(16-10-13)17-4-7-20-8-5-17/h2-3,10,12H,4-9,11H2,1H3. The molecule has 1 atom stereocenters. The number of hydrogen-bond donors (Lipinski definition) is 0. The SMILES string of the molecule is CC1CN(C(=O)c2ccc(N3CCOCC3)nc2)CCO1. The molecule has 2 saturated heterocycles. The van der Waals surface area contributed by atoms with Crippen LogP contribution < -0.4 is 4.90 Å². The number of ether oxygens (including phenoxy) is 2. The number of nitrogens with zero attached hydrogens (tertiary/aromatic N) is 3. The van der Waals surface area contributed by atoms with Crippen molar-refractivity contribution in [3.63, 3.8) is 0 Å². The van der Waals surface area contributed by atoms with Gasteiger partial charge in [-0.3, -0.25) is 4.79 Å². The van der Waals surface area contributed by atoms with E-state index in [0.717, 1.165) is 32.1 Å². The highest BCUT2D eigenvalue weighted by Crippen LogP contribution is 2.15. The number of morpholine rings is 2. The van der Waals surface area contributed by atoms with E-state index in [4.69, 9.17) is 9.47 Å². The zero-order valence-corrected chi connectivity index (χ0v) is 12.3. The summed E-state index contributed by atoms with van der Waals surface area (Å²) in [6.07, 6.45) is 1.77. The summed E-state index contributed by atoms with van der Waals surface area (Å²) in [5.74, 6) is 0.941. The van der Waals surface area contributed by atoms with Gasteiger partial charge in [0.2, 0.25) is 0 Å². The Kier molecular flexibility index (Phi) is 4.36. The summed E-state index contributed by atoms with van der Waals surface area (Å²) in [7, 11) is 0. The molecule has 0 aromatic carbocycles. The normalized spacial score (nSPS) is 23.2. The number of hydrogen-bond acceptors (Lipinski definition) is 5. The van der Waals surface area contributed by atoms with Gasteiger partial charge in [0.1, 0.15) is 5.82 Å². The van der Waals surface area contributed by atoms with Gasteiger partial charge in [-0.1, -0.05) is 0 Å². The van der Waals surface area contributed by atoms with Crippen molar-refractivity contribution in [3.8, 4) is 0 Å². The number of aromatic nitrogens is 1. The third-order valence-electron chi connectivity index (χ3n) is 3.86. The Morgan fingerprint density at radius 2 is 2.05 bits per heavy atom. The summed E-state index contributed by atoms with van der Waals surface area (Å²) >= 11 is 0. The van der Waals surface area contributed by atoms with Crippen LogP contribution in [-0.2, 0) is 9.47 Å². The first kappa shape index (κ1) is 14.3. The second-order valence-corrected chi connectivity index (χ2v) is 5.44.